The van der Waals surface area contributed by atoms with Crippen molar-refractivity contribution in [3.63, 3.8) is 0 Å². The number of ether oxygens (including phenoxy) is 2. The summed E-state index contributed by atoms with van der Waals surface area (Å²) in [5, 5.41) is 1.06. The van der Waals surface area contributed by atoms with Gasteiger partial charge < -0.3 is 9.47 Å². The average molecular weight is 472 g/mol. The van der Waals surface area contributed by atoms with Crippen molar-refractivity contribution in [3.05, 3.63) is 74.6 Å². The number of halogens is 2. The minimum Gasteiger partial charge on any atom is -0.490 e. The predicted octanol–water partition coefficient (Wildman–Crippen LogP) is 4.65. The minimum absolute atomic E-state index is 0.205. The van der Waals surface area contributed by atoms with Gasteiger partial charge in [0.25, 0.3) is 5.56 Å². The van der Waals surface area contributed by atoms with Crippen molar-refractivity contribution >= 4 is 23.2 Å². The van der Waals surface area contributed by atoms with Crippen LogP contribution in [0.1, 0.15) is 18.5 Å². The van der Waals surface area contributed by atoms with Gasteiger partial charge in [0.15, 0.2) is 6.10 Å². The normalized spacial score (nSPS) is 17.9. The van der Waals surface area contributed by atoms with E-state index in [0.29, 0.717) is 29.2 Å². The second kappa shape index (κ2) is 9.14. The van der Waals surface area contributed by atoms with Crippen LogP contribution >= 0.6 is 23.2 Å². The summed E-state index contributed by atoms with van der Waals surface area (Å²) in [7, 11) is 0. The van der Waals surface area contributed by atoms with Gasteiger partial charge in [0.05, 0.1) is 16.6 Å². The van der Waals surface area contributed by atoms with Gasteiger partial charge in [-0.15, -0.1) is 0 Å². The molecule has 0 unspecified atom stereocenters. The molecular weight excluding hydrogens is 449 g/mol. The van der Waals surface area contributed by atoms with Crippen LogP contribution in [0.15, 0.2) is 53.3 Å². The number of rotatable bonds is 6. The summed E-state index contributed by atoms with van der Waals surface area (Å²) in [6.45, 7) is 3.85. The molecule has 8 heteroatoms. The quantitative estimate of drug-likeness (QED) is 0.523. The summed E-state index contributed by atoms with van der Waals surface area (Å²) in [6, 6.07) is 15.3. The predicted molar refractivity (Wildman–Crippen MR) is 125 cm³/mol. The molecule has 0 bridgehead atoms. The van der Waals surface area contributed by atoms with Crippen molar-refractivity contribution in [2.24, 2.45) is 0 Å². The Morgan fingerprint density at radius 1 is 1.09 bits per heavy atom. The number of nitrogens with zero attached hydrogens (tertiary/aromatic N) is 3. The van der Waals surface area contributed by atoms with E-state index < -0.39 is 0 Å². The average Bonchev–Trinajstić information content (AvgIpc) is 3.44. The van der Waals surface area contributed by atoms with Gasteiger partial charge in [0, 0.05) is 23.9 Å². The Hall–Kier alpha value is -2.54. The molecule has 0 aliphatic carbocycles. The smallest absolute Gasteiger partial charge is 0.300 e. The van der Waals surface area contributed by atoms with Crippen molar-refractivity contribution < 1.29 is 9.47 Å². The van der Waals surface area contributed by atoms with Crippen LogP contribution in [0.5, 0.6) is 11.8 Å². The summed E-state index contributed by atoms with van der Waals surface area (Å²) >= 11 is 12.4. The van der Waals surface area contributed by atoms with Gasteiger partial charge in [-0.1, -0.05) is 47.5 Å². The van der Waals surface area contributed by atoms with Crippen molar-refractivity contribution in [3.8, 4) is 22.9 Å². The lowest BCUT2D eigenvalue weighted by Crippen LogP contribution is -2.25. The maximum atomic E-state index is 12.0. The summed E-state index contributed by atoms with van der Waals surface area (Å²) in [5.74, 6) is 0.728. The number of hydrogen-bond donors (Lipinski definition) is 0. The number of hydrogen-bond acceptors (Lipinski definition) is 5. The molecule has 0 N–H and O–H groups in total. The third-order valence-electron chi connectivity index (χ3n) is 5.87. The molecule has 32 heavy (non-hydrogen) atoms. The van der Waals surface area contributed by atoms with Crippen LogP contribution in [0.2, 0.25) is 10.0 Å². The van der Waals surface area contributed by atoms with Gasteiger partial charge in [-0.3, -0.25) is 14.3 Å². The molecule has 0 radical (unpaired) electrons. The number of aromatic nitrogens is 2. The molecule has 0 spiro atoms. The molecule has 0 amide bonds. The van der Waals surface area contributed by atoms with Crippen molar-refractivity contribution in [2.45, 2.75) is 32.0 Å². The zero-order chi connectivity index (χ0) is 22.1. The fraction of sp³-hybridized carbons (Fsp3) is 0.333. The zero-order valence-corrected chi connectivity index (χ0v) is 19.0. The van der Waals surface area contributed by atoms with E-state index >= 15 is 0 Å². The first-order chi connectivity index (χ1) is 15.6. The van der Waals surface area contributed by atoms with E-state index in [4.69, 9.17) is 32.7 Å². The van der Waals surface area contributed by atoms with Gasteiger partial charge in [-0.05, 0) is 49.7 Å². The minimum atomic E-state index is -0.262. The highest BCUT2D eigenvalue weighted by atomic mass is 35.5. The van der Waals surface area contributed by atoms with E-state index in [1.54, 1.807) is 12.1 Å². The highest BCUT2D eigenvalue weighted by Crippen LogP contribution is 2.34. The second-order valence-electron chi connectivity index (χ2n) is 8.14. The second-order valence-corrected chi connectivity index (χ2v) is 8.92. The Kier molecular flexibility index (Phi) is 6.09. The summed E-state index contributed by atoms with van der Waals surface area (Å²) in [6.07, 6.45) is 2.21. The van der Waals surface area contributed by atoms with Gasteiger partial charge in [-0.2, -0.15) is 4.98 Å². The Morgan fingerprint density at radius 3 is 2.66 bits per heavy atom. The first-order valence-corrected chi connectivity index (χ1v) is 11.5. The first-order valence-electron chi connectivity index (χ1n) is 10.7. The Bertz CT molecular complexity index is 1170. The van der Waals surface area contributed by atoms with Gasteiger partial charge >= 0.3 is 6.01 Å². The van der Waals surface area contributed by atoms with Crippen LogP contribution in [0.4, 0.5) is 0 Å². The van der Waals surface area contributed by atoms with Crippen molar-refractivity contribution in [2.75, 3.05) is 19.7 Å². The fourth-order valence-corrected chi connectivity index (χ4v) is 4.65. The molecule has 0 saturated carbocycles. The molecule has 2 aliphatic rings. The van der Waals surface area contributed by atoms with Crippen LogP contribution in [0.3, 0.4) is 0 Å². The van der Waals surface area contributed by atoms with Gasteiger partial charge in [-0.25, -0.2) is 0 Å². The molecule has 3 aromatic rings. The van der Waals surface area contributed by atoms with Crippen molar-refractivity contribution in [1.29, 1.82) is 0 Å². The van der Waals surface area contributed by atoms with E-state index in [1.807, 2.05) is 41.0 Å². The Morgan fingerprint density at radius 2 is 1.88 bits per heavy atom. The van der Waals surface area contributed by atoms with E-state index in [1.165, 1.54) is 12.8 Å². The van der Waals surface area contributed by atoms with E-state index in [2.05, 4.69) is 9.88 Å². The molecule has 166 valence electrons. The van der Waals surface area contributed by atoms with Crippen LogP contribution in [0, 0.1) is 0 Å². The Labute approximate surface area is 196 Å². The van der Waals surface area contributed by atoms with Crippen LogP contribution < -0.4 is 15.0 Å². The third-order valence-corrected chi connectivity index (χ3v) is 6.69. The standard InChI is InChI=1S/C24H23Cl2N3O3/c25-21-5-3-4-20(23(21)26)16-6-8-18(9-7-16)31-15-19-14-29-17(13-28-10-1-2-11-28)12-22(30)27-24(29)32-19/h3-9,12,19H,1-2,10-11,13-15H2/t19-/m0/s1. The van der Waals surface area contributed by atoms with E-state index in [0.717, 1.165) is 42.2 Å². The molecule has 2 aliphatic heterocycles. The molecule has 1 saturated heterocycles. The molecule has 1 atom stereocenters. The Balaban J connectivity index is 1.23. The van der Waals surface area contributed by atoms with Crippen LogP contribution in [0.25, 0.3) is 11.1 Å². The lowest BCUT2D eigenvalue weighted by Gasteiger charge is -2.17. The number of benzene rings is 2. The summed E-state index contributed by atoms with van der Waals surface area (Å²) in [4.78, 5) is 18.4. The lowest BCUT2D eigenvalue weighted by molar-refractivity contribution is 0.143. The molecule has 6 nitrogen and oxygen atoms in total. The van der Waals surface area contributed by atoms with Gasteiger partial charge in [0.1, 0.15) is 12.4 Å². The van der Waals surface area contributed by atoms with E-state index in [9.17, 15) is 4.79 Å². The zero-order valence-electron chi connectivity index (χ0n) is 17.5. The topological polar surface area (TPSA) is 56.6 Å². The molecular formula is C24H23Cl2N3O3. The maximum absolute atomic E-state index is 12.0. The molecule has 1 aromatic heterocycles. The molecule has 2 aromatic carbocycles. The lowest BCUT2D eigenvalue weighted by atomic mass is 10.1. The molecule has 1 fully saturated rings. The highest BCUT2D eigenvalue weighted by molar-refractivity contribution is 6.43. The third kappa shape index (κ3) is 4.49. The van der Waals surface area contributed by atoms with Crippen LogP contribution in [-0.4, -0.2) is 40.3 Å². The SMILES string of the molecule is O=c1cc(CN2CCCC2)n2c(n1)O[C@H](COc1ccc(-c3cccc(Cl)c3Cl)cc1)C2. The van der Waals surface area contributed by atoms with Gasteiger partial charge in [0.2, 0.25) is 0 Å². The first kappa shape index (κ1) is 21.3. The number of fused-ring (bicyclic) bond motifs is 1. The number of likely N-dealkylation sites (tertiary alicyclic amines) is 1. The summed E-state index contributed by atoms with van der Waals surface area (Å²) < 4.78 is 13.9. The van der Waals surface area contributed by atoms with Crippen molar-refractivity contribution in [1.82, 2.24) is 14.5 Å². The van der Waals surface area contributed by atoms with Crippen LogP contribution in [-0.2, 0) is 13.1 Å². The monoisotopic (exact) mass is 471 g/mol. The summed E-state index contributed by atoms with van der Waals surface area (Å²) in [5.41, 5.74) is 2.53. The molecule has 3 heterocycles. The van der Waals surface area contributed by atoms with E-state index in [-0.39, 0.29) is 11.7 Å². The largest absolute Gasteiger partial charge is 0.490 e. The fourth-order valence-electron chi connectivity index (χ4n) is 4.24. The molecule has 5 rings (SSSR count). The maximum Gasteiger partial charge on any atom is 0.300 e. The highest BCUT2D eigenvalue weighted by Gasteiger charge is 2.27.